The fraction of sp³-hybridized carbons (Fsp3) is 0.375. The molecule has 2 amide bonds. The molecule has 0 unspecified atom stereocenters. The molecule has 0 aliphatic heterocycles. The van der Waals surface area contributed by atoms with E-state index in [2.05, 4.69) is 10.6 Å². The fourth-order valence-corrected chi connectivity index (χ4v) is 2.12. The maximum Gasteiger partial charge on any atom is 0.326 e. The first-order valence-electron chi connectivity index (χ1n) is 7.49. The van der Waals surface area contributed by atoms with Crippen LogP contribution in [0, 0.1) is 0 Å². The molecule has 0 aromatic heterocycles. The molecule has 1 rings (SSSR count). The molecular weight excluding hydrogens is 332 g/mol. The van der Waals surface area contributed by atoms with Gasteiger partial charge in [-0.2, -0.15) is 0 Å². The summed E-state index contributed by atoms with van der Waals surface area (Å²) >= 11 is 0. The van der Waals surface area contributed by atoms with Crippen LogP contribution in [0.5, 0.6) is 5.75 Å². The fourth-order valence-electron chi connectivity index (χ4n) is 2.12. The van der Waals surface area contributed by atoms with Gasteiger partial charge in [-0.3, -0.25) is 14.4 Å². The number of benzene rings is 1. The van der Waals surface area contributed by atoms with Crippen LogP contribution >= 0.6 is 0 Å². The molecule has 0 saturated heterocycles. The number of aliphatic carboxylic acids is 2. The third-order valence-electron chi connectivity index (χ3n) is 3.33. The van der Waals surface area contributed by atoms with E-state index < -0.39 is 42.3 Å². The first-order valence-corrected chi connectivity index (χ1v) is 7.49. The van der Waals surface area contributed by atoms with Crippen molar-refractivity contribution in [2.24, 2.45) is 0 Å². The summed E-state index contributed by atoms with van der Waals surface area (Å²) in [6.07, 6.45) is -0.612. The Bertz CT molecular complexity index is 642. The van der Waals surface area contributed by atoms with E-state index in [0.29, 0.717) is 5.56 Å². The van der Waals surface area contributed by atoms with Crippen molar-refractivity contribution in [1.82, 2.24) is 10.6 Å². The van der Waals surface area contributed by atoms with Crippen molar-refractivity contribution < 1.29 is 34.5 Å². The van der Waals surface area contributed by atoms with E-state index in [4.69, 9.17) is 10.2 Å². The van der Waals surface area contributed by atoms with Crippen molar-refractivity contribution in [3.05, 3.63) is 29.8 Å². The van der Waals surface area contributed by atoms with E-state index in [0.717, 1.165) is 0 Å². The second-order valence-corrected chi connectivity index (χ2v) is 5.46. The van der Waals surface area contributed by atoms with Crippen LogP contribution < -0.4 is 10.6 Å². The number of phenolic OH excluding ortho intramolecular Hbond substituents is 1. The van der Waals surface area contributed by atoms with Crippen molar-refractivity contribution in [1.29, 1.82) is 0 Å². The van der Waals surface area contributed by atoms with Gasteiger partial charge in [0.15, 0.2) is 0 Å². The van der Waals surface area contributed by atoms with E-state index in [1.165, 1.54) is 19.1 Å². The highest BCUT2D eigenvalue weighted by Crippen LogP contribution is 2.12. The maximum absolute atomic E-state index is 12.3. The molecule has 0 fully saturated rings. The third kappa shape index (κ3) is 7.34. The topological polar surface area (TPSA) is 153 Å². The van der Waals surface area contributed by atoms with E-state index in [1.54, 1.807) is 12.1 Å². The number of aromatic hydroxyl groups is 1. The van der Waals surface area contributed by atoms with Gasteiger partial charge in [-0.05, 0) is 24.1 Å². The number of hydrogen-bond donors (Lipinski definition) is 5. The maximum atomic E-state index is 12.3. The number of rotatable bonds is 9. The molecule has 0 heterocycles. The Hall–Kier alpha value is -3.10. The van der Waals surface area contributed by atoms with Gasteiger partial charge >= 0.3 is 11.9 Å². The van der Waals surface area contributed by atoms with Crippen molar-refractivity contribution >= 4 is 23.8 Å². The highest BCUT2D eigenvalue weighted by atomic mass is 16.4. The minimum absolute atomic E-state index is 0.0453. The molecule has 1 aromatic rings. The van der Waals surface area contributed by atoms with Gasteiger partial charge in [0.25, 0.3) is 0 Å². The van der Waals surface area contributed by atoms with Gasteiger partial charge in [0, 0.05) is 19.8 Å². The lowest BCUT2D eigenvalue weighted by Gasteiger charge is -2.21. The first kappa shape index (κ1) is 19.9. The predicted octanol–water partition coefficient (Wildman–Crippen LogP) is -0.126. The lowest BCUT2D eigenvalue weighted by Crippen LogP contribution is -2.52. The van der Waals surface area contributed by atoms with E-state index >= 15 is 0 Å². The molecule has 0 aliphatic carbocycles. The molecule has 25 heavy (non-hydrogen) atoms. The number of hydrogen-bond acceptors (Lipinski definition) is 5. The van der Waals surface area contributed by atoms with Gasteiger partial charge in [0.2, 0.25) is 11.8 Å². The Morgan fingerprint density at radius 2 is 1.60 bits per heavy atom. The van der Waals surface area contributed by atoms with Crippen molar-refractivity contribution in [2.45, 2.75) is 38.3 Å². The molecule has 0 radical (unpaired) electrons. The normalized spacial score (nSPS) is 12.7. The van der Waals surface area contributed by atoms with Gasteiger partial charge in [0.05, 0.1) is 0 Å². The number of carboxylic acids is 2. The summed E-state index contributed by atoms with van der Waals surface area (Å²) in [6, 6.07) is 3.57. The zero-order valence-corrected chi connectivity index (χ0v) is 13.6. The molecule has 9 heteroatoms. The van der Waals surface area contributed by atoms with Crippen LogP contribution in [0.15, 0.2) is 24.3 Å². The monoisotopic (exact) mass is 352 g/mol. The van der Waals surface area contributed by atoms with Gasteiger partial charge in [0.1, 0.15) is 17.8 Å². The zero-order valence-electron chi connectivity index (χ0n) is 13.6. The minimum atomic E-state index is -1.38. The average molecular weight is 352 g/mol. The first-order chi connectivity index (χ1) is 11.7. The molecule has 2 atom stereocenters. The summed E-state index contributed by atoms with van der Waals surface area (Å²) in [7, 11) is 0. The Labute approximate surface area is 143 Å². The molecule has 0 spiro atoms. The summed E-state index contributed by atoms with van der Waals surface area (Å²) in [5, 5.41) is 31.7. The van der Waals surface area contributed by atoms with Crippen LogP contribution in [0.1, 0.15) is 25.3 Å². The van der Waals surface area contributed by atoms with Gasteiger partial charge in [-0.1, -0.05) is 12.1 Å². The zero-order chi connectivity index (χ0) is 19.0. The van der Waals surface area contributed by atoms with Crippen molar-refractivity contribution in [3.63, 3.8) is 0 Å². The second-order valence-electron chi connectivity index (χ2n) is 5.46. The minimum Gasteiger partial charge on any atom is -0.508 e. The predicted molar refractivity (Wildman–Crippen MR) is 85.9 cm³/mol. The molecule has 136 valence electrons. The van der Waals surface area contributed by atoms with Crippen molar-refractivity contribution in [2.75, 3.05) is 0 Å². The van der Waals surface area contributed by atoms with E-state index in [-0.39, 0.29) is 18.6 Å². The van der Waals surface area contributed by atoms with Gasteiger partial charge in [-0.25, -0.2) is 4.79 Å². The molecule has 0 aliphatic rings. The number of nitrogens with one attached hydrogen (secondary N) is 2. The van der Waals surface area contributed by atoms with E-state index in [1.807, 2.05) is 0 Å². The van der Waals surface area contributed by atoms with Gasteiger partial charge in [-0.15, -0.1) is 0 Å². The van der Waals surface area contributed by atoms with Crippen LogP contribution in [0.2, 0.25) is 0 Å². The lowest BCUT2D eigenvalue weighted by atomic mass is 10.0. The van der Waals surface area contributed by atoms with Gasteiger partial charge < -0.3 is 26.0 Å². The summed E-state index contributed by atoms with van der Waals surface area (Å²) < 4.78 is 0. The molecule has 0 bridgehead atoms. The number of amides is 2. The van der Waals surface area contributed by atoms with Crippen LogP contribution in [0.4, 0.5) is 0 Å². The Morgan fingerprint density at radius 3 is 2.08 bits per heavy atom. The van der Waals surface area contributed by atoms with Crippen LogP contribution in [0.25, 0.3) is 0 Å². The highest BCUT2D eigenvalue weighted by molar-refractivity contribution is 5.90. The second kappa shape index (κ2) is 9.26. The number of carboxylic acid groups (broad SMARTS) is 2. The summed E-state index contributed by atoms with van der Waals surface area (Å²) in [6.45, 7) is 1.22. The average Bonchev–Trinajstić information content (AvgIpc) is 2.51. The summed E-state index contributed by atoms with van der Waals surface area (Å²) in [5.41, 5.74) is 0.643. The number of carbonyl (C=O) groups is 4. The van der Waals surface area contributed by atoms with Crippen LogP contribution in [-0.4, -0.2) is 51.2 Å². The Morgan fingerprint density at radius 1 is 1.00 bits per heavy atom. The number of carbonyl (C=O) groups excluding carboxylic acids is 2. The number of phenols is 1. The molecule has 0 saturated carbocycles. The SMILES string of the molecule is CC(=O)N[C@@H](Cc1ccc(O)cc1)C(=O)N[C@@H](CCC(=O)O)C(=O)O. The Kier molecular flexibility index (Phi) is 7.39. The van der Waals surface area contributed by atoms with Crippen LogP contribution in [0.3, 0.4) is 0 Å². The quantitative estimate of drug-likeness (QED) is 0.415. The Balaban J connectivity index is 2.83. The standard InChI is InChI=1S/C16H20N2O7/c1-9(19)17-13(8-10-2-4-11(20)5-3-10)15(23)18-12(16(24)25)6-7-14(21)22/h2-5,12-13,20H,6-8H2,1H3,(H,17,19)(H,18,23)(H,21,22)(H,24,25)/t12-,13-/m0/s1. The highest BCUT2D eigenvalue weighted by Gasteiger charge is 2.26. The van der Waals surface area contributed by atoms with Crippen LogP contribution in [-0.2, 0) is 25.6 Å². The molecular formula is C16H20N2O7. The third-order valence-corrected chi connectivity index (χ3v) is 3.33. The van der Waals surface area contributed by atoms with E-state index in [9.17, 15) is 24.3 Å². The summed E-state index contributed by atoms with van der Waals surface area (Å²) in [4.78, 5) is 45.4. The summed E-state index contributed by atoms with van der Waals surface area (Å²) in [5.74, 6) is -3.70. The molecule has 9 nitrogen and oxygen atoms in total. The van der Waals surface area contributed by atoms with Crippen molar-refractivity contribution in [3.8, 4) is 5.75 Å². The molecule has 5 N–H and O–H groups in total. The lowest BCUT2D eigenvalue weighted by molar-refractivity contribution is -0.143. The smallest absolute Gasteiger partial charge is 0.326 e. The molecule has 1 aromatic carbocycles. The largest absolute Gasteiger partial charge is 0.508 e.